The highest BCUT2D eigenvalue weighted by atomic mass is 16.5. The fourth-order valence-electron chi connectivity index (χ4n) is 0.891. The number of hydrogen-bond donors (Lipinski definition) is 0. The smallest absolute Gasteiger partial charge is 0.136 e. The van der Waals surface area contributed by atoms with E-state index < -0.39 is 0 Å². The Bertz CT molecular complexity index is 299. The zero-order valence-electron chi connectivity index (χ0n) is 6.59. The second-order valence-corrected chi connectivity index (χ2v) is 2.32. The maximum Gasteiger partial charge on any atom is 0.136 e. The zero-order chi connectivity index (χ0) is 8.27. The number of rotatable bonds is 1. The molecule has 0 aliphatic rings. The van der Waals surface area contributed by atoms with Gasteiger partial charge in [0.1, 0.15) is 11.8 Å². The van der Waals surface area contributed by atoms with Gasteiger partial charge in [-0.1, -0.05) is 6.07 Å². The van der Waals surface area contributed by atoms with Crippen molar-refractivity contribution < 1.29 is 4.74 Å². The van der Waals surface area contributed by atoms with Gasteiger partial charge in [0.05, 0.1) is 12.7 Å². The van der Waals surface area contributed by atoms with Gasteiger partial charge in [0, 0.05) is 0 Å². The van der Waals surface area contributed by atoms with Gasteiger partial charge in [0.25, 0.3) is 0 Å². The summed E-state index contributed by atoms with van der Waals surface area (Å²) in [5.41, 5.74) is 1.68. The molecule has 0 aliphatic carbocycles. The predicted octanol–water partition coefficient (Wildman–Crippen LogP) is 1.88. The number of nitriles is 1. The Hall–Kier alpha value is -1.49. The third kappa shape index (κ3) is 1.50. The Morgan fingerprint density at radius 1 is 1.45 bits per heavy atom. The third-order valence-electron chi connectivity index (χ3n) is 1.48. The van der Waals surface area contributed by atoms with Crippen molar-refractivity contribution >= 4 is 0 Å². The molecule has 1 aromatic carbocycles. The normalized spacial score (nSPS) is 8.82. The summed E-state index contributed by atoms with van der Waals surface area (Å²) in [5, 5.41) is 8.61. The number of aryl methyl sites for hydroxylation is 1. The van der Waals surface area contributed by atoms with E-state index in [9.17, 15) is 0 Å². The second-order valence-electron chi connectivity index (χ2n) is 2.32. The van der Waals surface area contributed by atoms with Crippen LogP contribution in [0.3, 0.4) is 0 Å². The van der Waals surface area contributed by atoms with Gasteiger partial charge in [-0.2, -0.15) is 5.26 Å². The highest BCUT2D eigenvalue weighted by Gasteiger charge is 1.99. The number of methoxy groups -OCH3 is 1. The molecule has 0 aliphatic heterocycles. The van der Waals surface area contributed by atoms with Crippen LogP contribution in [0.1, 0.15) is 11.1 Å². The lowest BCUT2D eigenvalue weighted by atomic mass is 9.98. The molecule has 0 unspecified atom stereocenters. The minimum Gasteiger partial charge on any atom is -0.495 e. The van der Waals surface area contributed by atoms with Crippen LogP contribution in [0, 0.1) is 18.3 Å². The maximum atomic E-state index is 8.61. The summed E-state index contributed by atoms with van der Waals surface area (Å²) in [6, 6.07) is 7.54. The van der Waals surface area contributed by atoms with Crippen molar-refractivity contribution in [2.75, 3.05) is 7.11 Å². The number of hydrogen-bond acceptors (Lipinski definition) is 2. The minimum absolute atomic E-state index is 0.582. The van der Waals surface area contributed by atoms with E-state index in [4.69, 9.17) is 10.00 Å². The van der Waals surface area contributed by atoms with Crippen LogP contribution in [-0.2, 0) is 0 Å². The molecule has 0 spiro atoms. The van der Waals surface area contributed by atoms with Crippen molar-refractivity contribution in [2.24, 2.45) is 0 Å². The molecule has 0 aromatic heterocycles. The lowest BCUT2D eigenvalue weighted by molar-refractivity contribution is 0.413. The molecule has 0 atom stereocenters. The van der Waals surface area contributed by atoms with Gasteiger partial charge in [-0.25, -0.2) is 0 Å². The van der Waals surface area contributed by atoms with Crippen LogP contribution in [0.4, 0.5) is 0 Å². The quantitative estimate of drug-likeness (QED) is 0.606. The molecule has 56 valence electrons. The number of ether oxygens (including phenoxy) is 1. The van der Waals surface area contributed by atoms with E-state index in [1.807, 2.05) is 25.1 Å². The van der Waals surface area contributed by atoms with Crippen molar-refractivity contribution in [3.8, 4) is 11.8 Å². The molecular formula is C9H9NO. The fourth-order valence-corrected chi connectivity index (χ4v) is 0.891. The van der Waals surface area contributed by atoms with E-state index in [2.05, 4.69) is 0 Å². The first-order chi connectivity index (χ1) is 5.27. The Balaban J connectivity index is 3.19. The summed E-state index contributed by atoms with van der Waals surface area (Å²) in [6.45, 7) is 1.96. The van der Waals surface area contributed by atoms with E-state index >= 15 is 0 Å². The van der Waals surface area contributed by atoms with Crippen molar-refractivity contribution in [3.63, 3.8) is 0 Å². The molecule has 1 rings (SSSR count). The number of nitrogens with zero attached hydrogens (tertiary/aromatic N) is 1. The molecule has 0 saturated carbocycles. The monoisotopic (exact) mass is 146 g/mol. The van der Waals surface area contributed by atoms with E-state index in [0.717, 1.165) is 5.56 Å². The number of benzene rings is 1. The van der Waals surface area contributed by atoms with Crippen LogP contribution in [0.5, 0.6) is 5.75 Å². The molecule has 11 heavy (non-hydrogen) atoms. The van der Waals surface area contributed by atoms with E-state index in [1.54, 1.807) is 13.2 Å². The molecule has 0 amide bonds. The molecule has 2 nitrogen and oxygen atoms in total. The first-order valence-corrected chi connectivity index (χ1v) is 3.32. The summed E-state index contributed by atoms with van der Waals surface area (Å²) >= 11 is 0. The van der Waals surface area contributed by atoms with Crippen LogP contribution in [0.15, 0.2) is 18.2 Å². The van der Waals surface area contributed by atoms with Gasteiger partial charge in [-0.05, 0) is 24.6 Å². The highest BCUT2D eigenvalue weighted by Crippen LogP contribution is 2.18. The Labute approximate surface area is 66.0 Å². The van der Waals surface area contributed by atoms with Crippen molar-refractivity contribution in [2.45, 2.75) is 6.92 Å². The molecule has 2 heteroatoms. The maximum absolute atomic E-state index is 8.61. The van der Waals surface area contributed by atoms with E-state index in [0.29, 0.717) is 11.3 Å². The molecule has 1 aromatic rings. The van der Waals surface area contributed by atoms with Crippen LogP contribution in [0.2, 0.25) is 0 Å². The Morgan fingerprint density at radius 3 is 2.73 bits per heavy atom. The SMILES string of the molecule is COc1cc(C)ccc1[11C]#N. The summed E-state index contributed by atoms with van der Waals surface area (Å²) < 4.78 is 4.99. The Morgan fingerprint density at radius 2 is 2.18 bits per heavy atom. The molecule has 0 fully saturated rings. The molecule has 0 N–H and O–H groups in total. The average Bonchev–Trinajstić information content (AvgIpc) is 2.04. The first-order valence-electron chi connectivity index (χ1n) is 3.32. The largest absolute Gasteiger partial charge is 0.495 e. The van der Waals surface area contributed by atoms with Crippen LogP contribution in [-0.4, -0.2) is 7.11 Å². The van der Waals surface area contributed by atoms with Gasteiger partial charge >= 0.3 is 0 Å². The lowest BCUT2D eigenvalue weighted by Gasteiger charge is -2.01. The van der Waals surface area contributed by atoms with Crippen LogP contribution in [0.25, 0.3) is 0 Å². The third-order valence-corrected chi connectivity index (χ3v) is 1.48. The average molecular weight is 146 g/mol. The van der Waals surface area contributed by atoms with Gasteiger partial charge < -0.3 is 4.74 Å². The lowest BCUT2D eigenvalue weighted by Crippen LogP contribution is -1.87. The zero-order valence-corrected chi connectivity index (χ0v) is 6.59. The van der Waals surface area contributed by atoms with Gasteiger partial charge in [-0.15, -0.1) is 0 Å². The standard InChI is InChI=1S/C9H9NO/c1-7-3-4-8(6-10)9(5-7)11-2/h3-5H,1-2H3/i6-1. The van der Waals surface area contributed by atoms with Gasteiger partial charge in [0.2, 0.25) is 0 Å². The predicted molar refractivity (Wildman–Crippen MR) is 42.4 cm³/mol. The minimum atomic E-state index is 0.582. The molecule has 0 heterocycles. The summed E-state index contributed by atoms with van der Waals surface area (Å²) in [7, 11) is 1.57. The first kappa shape index (κ1) is 7.62. The van der Waals surface area contributed by atoms with Crippen molar-refractivity contribution in [1.82, 2.24) is 0 Å². The molecule has 0 bridgehead atoms. The van der Waals surface area contributed by atoms with Gasteiger partial charge in [-0.3, -0.25) is 0 Å². The van der Waals surface area contributed by atoms with E-state index in [1.165, 1.54) is 0 Å². The molecule has 0 saturated heterocycles. The van der Waals surface area contributed by atoms with E-state index in [-0.39, 0.29) is 0 Å². The molecule has 0 radical (unpaired) electrons. The summed E-state index contributed by atoms with van der Waals surface area (Å²) in [4.78, 5) is 0. The topological polar surface area (TPSA) is 33.0 Å². The van der Waals surface area contributed by atoms with Crippen molar-refractivity contribution in [3.05, 3.63) is 29.3 Å². The summed E-state index contributed by atoms with van der Waals surface area (Å²) in [5.74, 6) is 0.646. The highest BCUT2D eigenvalue weighted by molar-refractivity contribution is 5.44. The van der Waals surface area contributed by atoms with Crippen LogP contribution < -0.4 is 4.74 Å². The molecular weight excluding hydrogens is 137 g/mol. The van der Waals surface area contributed by atoms with Crippen LogP contribution >= 0.6 is 0 Å². The second kappa shape index (κ2) is 3.07. The fraction of sp³-hybridized carbons (Fsp3) is 0.222. The van der Waals surface area contributed by atoms with Crippen molar-refractivity contribution in [1.29, 1.82) is 5.26 Å². The Kier molecular flexibility index (Phi) is 2.12. The summed E-state index contributed by atoms with van der Waals surface area (Å²) in [6.07, 6.45) is 0. The van der Waals surface area contributed by atoms with Gasteiger partial charge in [0.15, 0.2) is 0 Å².